The Bertz CT molecular complexity index is 686. The fraction of sp³-hybridized carbons (Fsp3) is 0.0588. The minimum absolute atomic E-state index is 0.535. The second-order valence-electron chi connectivity index (χ2n) is 4.61. The van der Waals surface area contributed by atoms with Gasteiger partial charge in [-0.2, -0.15) is 0 Å². The molecule has 0 saturated carbocycles. The third-order valence-corrected chi connectivity index (χ3v) is 3.20. The van der Waals surface area contributed by atoms with Crippen LogP contribution in [0, 0.1) is 5.41 Å². The summed E-state index contributed by atoms with van der Waals surface area (Å²) in [6.07, 6.45) is 9.78. The number of aromatic nitrogens is 1. The van der Waals surface area contributed by atoms with Gasteiger partial charge in [0, 0.05) is 54.4 Å². The molecule has 0 aliphatic rings. The van der Waals surface area contributed by atoms with Crippen LogP contribution in [-0.2, 0) is 6.54 Å². The summed E-state index contributed by atoms with van der Waals surface area (Å²) in [5.41, 5.74) is 15.6. The van der Waals surface area contributed by atoms with Crippen molar-refractivity contribution in [1.29, 1.82) is 5.41 Å². The molecule has 1 aromatic carbocycles. The van der Waals surface area contributed by atoms with Crippen molar-refractivity contribution >= 4 is 23.6 Å². The third-order valence-electron chi connectivity index (χ3n) is 3.20. The van der Waals surface area contributed by atoms with Crippen LogP contribution >= 0.6 is 0 Å². The number of nitrogens with one attached hydrogen (secondary N) is 2. The van der Waals surface area contributed by atoms with E-state index < -0.39 is 0 Å². The predicted molar refractivity (Wildman–Crippen MR) is 92.2 cm³/mol. The number of anilines is 1. The molecule has 2 aromatic rings. The normalized spacial score (nSPS) is 11.6. The van der Waals surface area contributed by atoms with E-state index in [0.29, 0.717) is 12.1 Å². The number of nitrogens with two attached hydrogens (primary N) is 2. The van der Waals surface area contributed by atoms with Crippen LogP contribution in [0.2, 0.25) is 0 Å². The van der Waals surface area contributed by atoms with Crippen molar-refractivity contribution < 1.29 is 0 Å². The van der Waals surface area contributed by atoms with Crippen molar-refractivity contribution in [2.24, 2.45) is 11.5 Å². The van der Waals surface area contributed by atoms with Gasteiger partial charge < -0.3 is 22.2 Å². The molecule has 1 heterocycles. The van der Waals surface area contributed by atoms with Gasteiger partial charge in [-0.15, -0.1) is 0 Å². The lowest BCUT2D eigenvalue weighted by Crippen LogP contribution is -1.96. The van der Waals surface area contributed by atoms with E-state index in [1.807, 2.05) is 42.6 Å². The molecule has 0 radical (unpaired) electrons. The largest absolute Gasteiger partial charge is 0.404 e. The maximum absolute atomic E-state index is 7.40. The monoisotopic (exact) mass is 293 g/mol. The van der Waals surface area contributed by atoms with Gasteiger partial charge in [0.05, 0.1) is 0 Å². The van der Waals surface area contributed by atoms with Crippen LogP contribution in [0.25, 0.3) is 11.6 Å². The van der Waals surface area contributed by atoms with E-state index in [1.54, 1.807) is 12.4 Å². The smallest absolute Gasteiger partial charge is 0.0379 e. The molecule has 0 saturated heterocycles. The molecule has 112 valence electrons. The van der Waals surface area contributed by atoms with Gasteiger partial charge >= 0.3 is 0 Å². The number of nitrogens with zero attached hydrogens (tertiary/aromatic N) is 1. The Morgan fingerprint density at radius 1 is 1.23 bits per heavy atom. The van der Waals surface area contributed by atoms with Crippen molar-refractivity contribution in [2.45, 2.75) is 6.54 Å². The minimum Gasteiger partial charge on any atom is -0.404 e. The van der Waals surface area contributed by atoms with Crippen LogP contribution in [0.1, 0.15) is 16.7 Å². The van der Waals surface area contributed by atoms with Crippen molar-refractivity contribution in [3.05, 3.63) is 71.8 Å². The minimum atomic E-state index is 0.535. The average Bonchev–Trinajstić information content (AvgIpc) is 2.58. The van der Waals surface area contributed by atoms with Crippen LogP contribution in [0.3, 0.4) is 0 Å². The molecule has 22 heavy (non-hydrogen) atoms. The van der Waals surface area contributed by atoms with Crippen LogP contribution in [0.15, 0.2) is 55.1 Å². The summed E-state index contributed by atoms with van der Waals surface area (Å²) in [5, 5.41) is 10.6. The zero-order valence-corrected chi connectivity index (χ0v) is 12.2. The van der Waals surface area contributed by atoms with Crippen LogP contribution < -0.4 is 16.8 Å². The fourth-order valence-electron chi connectivity index (χ4n) is 1.98. The summed E-state index contributed by atoms with van der Waals surface area (Å²) >= 11 is 0. The Morgan fingerprint density at radius 3 is 2.64 bits per heavy atom. The second kappa shape index (κ2) is 7.75. The molecule has 5 heteroatoms. The molecule has 0 fully saturated rings. The Labute approximate surface area is 129 Å². The lowest BCUT2D eigenvalue weighted by atomic mass is 10.0. The lowest BCUT2D eigenvalue weighted by Gasteiger charge is -2.06. The first-order valence-corrected chi connectivity index (χ1v) is 6.87. The third kappa shape index (κ3) is 3.80. The SMILES string of the molecule is N=C/C(=C\N)c1ccncc1/C=C/Nc1ccc(CN)cc1. The maximum atomic E-state index is 7.40. The Morgan fingerprint density at radius 2 is 2.00 bits per heavy atom. The molecule has 0 bridgehead atoms. The highest BCUT2D eigenvalue weighted by Crippen LogP contribution is 2.17. The van der Waals surface area contributed by atoms with Gasteiger partial charge in [0.15, 0.2) is 0 Å². The summed E-state index contributed by atoms with van der Waals surface area (Å²) < 4.78 is 0. The zero-order chi connectivity index (χ0) is 15.8. The molecule has 0 amide bonds. The lowest BCUT2D eigenvalue weighted by molar-refractivity contribution is 1.07. The average molecular weight is 293 g/mol. The Balaban J connectivity index is 2.14. The summed E-state index contributed by atoms with van der Waals surface area (Å²) in [4.78, 5) is 4.11. The molecular weight excluding hydrogens is 274 g/mol. The van der Waals surface area contributed by atoms with E-state index in [4.69, 9.17) is 16.9 Å². The van der Waals surface area contributed by atoms with Crippen molar-refractivity contribution in [1.82, 2.24) is 4.98 Å². The summed E-state index contributed by atoms with van der Waals surface area (Å²) in [5.74, 6) is 0. The highest BCUT2D eigenvalue weighted by atomic mass is 14.8. The van der Waals surface area contributed by atoms with Gasteiger partial charge in [0.25, 0.3) is 0 Å². The van der Waals surface area contributed by atoms with Gasteiger partial charge in [0.1, 0.15) is 0 Å². The Hall–Kier alpha value is -2.92. The predicted octanol–water partition coefficient (Wildman–Crippen LogP) is 2.57. The highest BCUT2D eigenvalue weighted by molar-refractivity contribution is 6.09. The first-order chi connectivity index (χ1) is 10.8. The molecule has 0 atom stereocenters. The van der Waals surface area contributed by atoms with E-state index >= 15 is 0 Å². The van der Waals surface area contributed by atoms with E-state index in [1.165, 1.54) is 12.4 Å². The number of hydrogen-bond donors (Lipinski definition) is 4. The number of benzene rings is 1. The van der Waals surface area contributed by atoms with E-state index in [-0.39, 0.29) is 0 Å². The summed E-state index contributed by atoms with van der Waals surface area (Å²) in [6.45, 7) is 0.535. The molecule has 0 unspecified atom stereocenters. The van der Waals surface area contributed by atoms with Crippen LogP contribution in [0.4, 0.5) is 5.69 Å². The van der Waals surface area contributed by atoms with Crippen molar-refractivity contribution in [2.75, 3.05) is 5.32 Å². The van der Waals surface area contributed by atoms with Gasteiger partial charge in [0.2, 0.25) is 0 Å². The first kappa shape index (κ1) is 15.5. The molecule has 1 aromatic heterocycles. The van der Waals surface area contributed by atoms with E-state index in [2.05, 4.69) is 10.3 Å². The molecule has 0 aliphatic heterocycles. The summed E-state index contributed by atoms with van der Waals surface area (Å²) in [7, 11) is 0. The fourth-order valence-corrected chi connectivity index (χ4v) is 1.98. The molecule has 6 N–H and O–H groups in total. The van der Waals surface area contributed by atoms with E-state index in [9.17, 15) is 0 Å². The quantitative estimate of drug-likeness (QED) is 0.615. The molecule has 0 spiro atoms. The van der Waals surface area contributed by atoms with Gasteiger partial charge in [-0.05, 0) is 35.4 Å². The number of rotatable bonds is 6. The molecule has 0 aliphatic carbocycles. The standard InChI is InChI=1S/C17H19N5/c18-9-13-1-3-16(4-2-13)22-8-5-14-12-21-7-6-17(14)15(10-19)11-20/h1-8,10-12,19,22H,9,18,20H2/b8-5+,15-11+,19-10?. The van der Waals surface area contributed by atoms with Gasteiger partial charge in [-0.25, -0.2) is 0 Å². The maximum Gasteiger partial charge on any atom is 0.0379 e. The van der Waals surface area contributed by atoms with Gasteiger partial charge in [-0.1, -0.05) is 12.1 Å². The van der Waals surface area contributed by atoms with Crippen LogP contribution in [-0.4, -0.2) is 11.2 Å². The van der Waals surface area contributed by atoms with Gasteiger partial charge in [-0.3, -0.25) is 4.98 Å². The number of pyridine rings is 1. The molecular formula is C17H19N5. The number of allylic oxidation sites excluding steroid dienone is 1. The highest BCUT2D eigenvalue weighted by Gasteiger charge is 2.02. The zero-order valence-electron chi connectivity index (χ0n) is 12.2. The first-order valence-electron chi connectivity index (χ1n) is 6.87. The van der Waals surface area contributed by atoms with Crippen LogP contribution in [0.5, 0.6) is 0 Å². The molecule has 5 nitrogen and oxygen atoms in total. The second-order valence-corrected chi connectivity index (χ2v) is 4.61. The van der Waals surface area contributed by atoms with Crippen molar-refractivity contribution in [3.8, 4) is 0 Å². The molecule has 2 rings (SSSR count). The van der Waals surface area contributed by atoms with Crippen molar-refractivity contribution in [3.63, 3.8) is 0 Å². The Kier molecular flexibility index (Phi) is 5.45. The summed E-state index contributed by atoms with van der Waals surface area (Å²) in [6, 6.07) is 9.74. The number of hydrogen-bond acceptors (Lipinski definition) is 5. The van der Waals surface area contributed by atoms with E-state index in [0.717, 1.165) is 22.4 Å². The topological polar surface area (TPSA) is 101 Å².